The number of benzene rings is 1. The summed E-state index contributed by atoms with van der Waals surface area (Å²) in [6.07, 6.45) is -0.413. The Balaban J connectivity index is 1.52. The summed E-state index contributed by atoms with van der Waals surface area (Å²) < 4.78 is 9.39. The molecule has 2 aromatic heterocycles. The van der Waals surface area contributed by atoms with Crippen molar-refractivity contribution in [3.05, 3.63) is 45.2 Å². The van der Waals surface area contributed by atoms with Gasteiger partial charge in [-0.2, -0.15) is 9.36 Å². The van der Waals surface area contributed by atoms with E-state index in [1.165, 1.54) is 0 Å². The standard InChI is InChI=1S/C18H18ClN5O3S/c1-9(2)14-8-27-18(26)24(14)17-22-16(23-28-17)20-7-11-5-10-6-12(19)3-4-13(10)21-15(11)25/h3-6,9,14H,7-8H2,1-2H3,(H,20,23)(H,21,25)/t14-/m1/s1. The average molecular weight is 420 g/mol. The first-order valence-electron chi connectivity index (χ1n) is 8.77. The first-order chi connectivity index (χ1) is 13.4. The van der Waals surface area contributed by atoms with Gasteiger partial charge in [-0.1, -0.05) is 25.4 Å². The number of rotatable bonds is 5. The first-order valence-corrected chi connectivity index (χ1v) is 9.92. The average Bonchev–Trinajstić information content (AvgIpc) is 3.26. The lowest BCUT2D eigenvalue weighted by molar-refractivity contribution is 0.177. The molecule has 10 heteroatoms. The summed E-state index contributed by atoms with van der Waals surface area (Å²) in [5.74, 6) is 0.586. The number of anilines is 2. The van der Waals surface area contributed by atoms with E-state index in [1.807, 2.05) is 13.8 Å². The fourth-order valence-electron chi connectivity index (χ4n) is 3.06. The number of nitrogens with one attached hydrogen (secondary N) is 2. The molecule has 1 aliphatic heterocycles. The third-order valence-corrected chi connectivity index (χ3v) is 5.57. The summed E-state index contributed by atoms with van der Waals surface area (Å²) in [5.41, 5.74) is 1.06. The van der Waals surface area contributed by atoms with Crippen molar-refractivity contribution in [3.8, 4) is 0 Å². The van der Waals surface area contributed by atoms with Crippen molar-refractivity contribution in [2.45, 2.75) is 26.4 Å². The molecule has 8 nitrogen and oxygen atoms in total. The van der Waals surface area contributed by atoms with Gasteiger partial charge in [0, 0.05) is 39.6 Å². The molecule has 4 rings (SSSR count). The quantitative estimate of drug-likeness (QED) is 0.655. The summed E-state index contributed by atoms with van der Waals surface area (Å²) in [6, 6.07) is 7.01. The first kappa shape index (κ1) is 18.7. The second kappa shape index (κ2) is 7.40. The minimum Gasteiger partial charge on any atom is -0.447 e. The fraction of sp³-hybridized carbons (Fsp3) is 0.333. The Kier molecular flexibility index (Phi) is 4.94. The highest BCUT2D eigenvalue weighted by Gasteiger charge is 2.38. The molecule has 146 valence electrons. The van der Waals surface area contributed by atoms with Crippen LogP contribution in [0.5, 0.6) is 0 Å². The van der Waals surface area contributed by atoms with E-state index < -0.39 is 6.09 Å². The van der Waals surface area contributed by atoms with E-state index in [-0.39, 0.29) is 24.1 Å². The van der Waals surface area contributed by atoms with Gasteiger partial charge in [0.2, 0.25) is 11.1 Å². The second-order valence-electron chi connectivity index (χ2n) is 6.87. The van der Waals surface area contributed by atoms with Gasteiger partial charge >= 0.3 is 6.09 Å². The number of pyridine rings is 1. The molecule has 28 heavy (non-hydrogen) atoms. The summed E-state index contributed by atoms with van der Waals surface area (Å²) in [4.78, 5) is 33.1. The molecular weight excluding hydrogens is 402 g/mol. The second-order valence-corrected chi connectivity index (χ2v) is 8.03. The molecule has 1 amide bonds. The SMILES string of the molecule is CC(C)[C@H]1COC(=O)N1c1nc(NCc2cc3cc(Cl)ccc3[nH]c2=O)ns1. The Hall–Kier alpha value is -2.65. The van der Waals surface area contributed by atoms with Crippen LogP contribution in [0.3, 0.4) is 0 Å². The van der Waals surface area contributed by atoms with E-state index in [4.69, 9.17) is 16.3 Å². The zero-order chi connectivity index (χ0) is 19.8. The molecule has 0 unspecified atom stereocenters. The van der Waals surface area contributed by atoms with E-state index in [0.717, 1.165) is 22.4 Å². The largest absolute Gasteiger partial charge is 0.447 e. The van der Waals surface area contributed by atoms with Crippen molar-refractivity contribution < 1.29 is 9.53 Å². The zero-order valence-corrected chi connectivity index (χ0v) is 16.8. The Morgan fingerprint density at radius 2 is 2.21 bits per heavy atom. The van der Waals surface area contributed by atoms with E-state index in [9.17, 15) is 9.59 Å². The molecule has 1 aliphatic rings. The number of fused-ring (bicyclic) bond motifs is 1. The lowest BCUT2D eigenvalue weighted by atomic mass is 10.1. The monoisotopic (exact) mass is 419 g/mol. The zero-order valence-electron chi connectivity index (χ0n) is 15.2. The molecule has 1 fully saturated rings. The fourth-order valence-corrected chi connectivity index (χ4v) is 3.94. The van der Waals surface area contributed by atoms with Crippen LogP contribution in [0.25, 0.3) is 10.9 Å². The van der Waals surface area contributed by atoms with Crippen molar-refractivity contribution in [1.29, 1.82) is 0 Å². The normalized spacial score (nSPS) is 16.8. The van der Waals surface area contributed by atoms with Gasteiger partial charge in [0.15, 0.2) is 0 Å². The molecule has 1 saturated heterocycles. The van der Waals surface area contributed by atoms with Crippen LogP contribution >= 0.6 is 23.1 Å². The van der Waals surface area contributed by atoms with Gasteiger partial charge in [-0.05, 0) is 30.2 Å². The third kappa shape index (κ3) is 3.55. The number of cyclic esters (lactones) is 1. The number of ether oxygens (including phenoxy) is 1. The third-order valence-electron chi connectivity index (χ3n) is 4.62. The molecule has 2 N–H and O–H groups in total. The van der Waals surface area contributed by atoms with Crippen LogP contribution in [0.15, 0.2) is 29.1 Å². The van der Waals surface area contributed by atoms with E-state index >= 15 is 0 Å². The summed E-state index contributed by atoms with van der Waals surface area (Å²) in [6.45, 7) is 4.63. The van der Waals surface area contributed by atoms with Gasteiger partial charge in [-0.15, -0.1) is 0 Å². The molecule has 3 heterocycles. The number of aromatic amines is 1. The lowest BCUT2D eigenvalue weighted by Crippen LogP contribution is -2.37. The molecule has 0 bridgehead atoms. The molecule has 0 saturated carbocycles. The van der Waals surface area contributed by atoms with Crippen LogP contribution in [-0.4, -0.2) is 33.1 Å². The predicted molar refractivity (Wildman–Crippen MR) is 109 cm³/mol. The van der Waals surface area contributed by atoms with E-state index in [0.29, 0.717) is 28.3 Å². The van der Waals surface area contributed by atoms with Gasteiger partial charge in [0.1, 0.15) is 6.61 Å². The highest BCUT2D eigenvalue weighted by atomic mass is 35.5. The molecule has 0 radical (unpaired) electrons. The van der Waals surface area contributed by atoms with Crippen LogP contribution in [0.4, 0.5) is 15.9 Å². The van der Waals surface area contributed by atoms with Gasteiger partial charge in [-0.25, -0.2) is 9.69 Å². The molecule has 3 aromatic rings. The smallest absolute Gasteiger partial charge is 0.416 e. The van der Waals surface area contributed by atoms with Crippen molar-refractivity contribution in [2.24, 2.45) is 5.92 Å². The number of aromatic nitrogens is 3. The van der Waals surface area contributed by atoms with Crippen LogP contribution in [0, 0.1) is 5.92 Å². The number of H-pyrrole nitrogens is 1. The van der Waals surface area contributed by atoms with Crippen LogP contribution in [0.2, 0.25) is 5.02 Å². The van der Waals surface area contributed by atoms with E-state index in [2.05, 4.69) is 19.7 Å². The van der Waals surface area contributed by atoms with Crippen LogP contribution in [-0.2, 0) is 11.3 Å². The van der Waals surface area contributed by atoms with Gasteiger partial charge in [0.25, 0.3) is 5.56 Å². The maximum absolute atomic E-state index is 12.3. The summed E-state index contributed by atoms with van der Waals surface area (Å²) in [5, 5.41) is 4.96. The number of carbonyl (C=O) groups excluding carboxylic acids is 1. The number of hydrogen-bond donors (Lipinski definition) is 2. The molecule has 0 spiro atoms. The number of nitrogens with zero attached hydrogens (tertiary/aromatic N) is 3. The highest BCUT2D eigenvalue weighted by Crippen LogP contribution is 2.29. The van der Waals surface area contributed by atoms with Crippen LogP contribution in [0.1, 0.15) is 19.4 Å². The maximum atomic E-state index is 12.3. The number of hydrogen-bond acceptors (Lipinski definition) is 7. The topological polar surface area (TPSA) is 100 Å². The molecule has 1 atom stereocenters. The number of amides is 1. The van der Waals surface area contributed by atoms with Crippen LogP contribution < -0.4 is 15.8 Å². The minimum absolute atomic E-state index is 0.0682. The predicted octanol–water partition coefficient (Wildman–Crippen LogP) is 3.63. The van der Waals surface area contributed by atoms with Gasteiger partial charge < -0.3 is 15.0 Å². The number of halogens is 1. The van der Waals surface area contributed by atoms with Crippen molar-refractivity contribution in [2.75, 3.05) is 16.8 Å². The molecule has 1 aromatic carbocycles. The van der Waals surface area contributed by atoms with Crippen molar-refractivity contribution in [3.63, 3.8) is 0 Å². The Morgan fingerprint density at radius 1 is 1.39 bits per heavy atom. The minimum atomic E-state index is -0.413. The highest BCUT2D eigenvalue weighted by molar-refractivity contribution is 7.10. The van der Waals surface area contributed by atoms with E-state index in [1.54, 1.807) is 29.2 Å². The Bertz CT molecular complexity index is 1100. The summed E-state index contributed by atoms with van der Waals surface area (Å²) >= 11 is 7.14. The summed E-state index contributed by atoms with van der Waals surface area (Å²) in [7, 11) is 0. The lowest BCUT2D eigenvalue weighted by Gasteiger charge is -2.20. The Labute approximate surface area is 169 Å². The number of carbonyl (C=O) groups is 1. The molecular formula is C18H18ClN5O3S. The van der Waals surface area contributed by atoms with Gasteiger partial charge in [-0.3, -0.25) is 4.79 Å². The molecule has 0 aliphatic carbocycles. The van der Waals surface area contributed by atoms with Gasteiger partial charge in [0.05, 0.1) is 6.04 Å². The van der Waals surface area contributed by atoms with Crippen molar-refractivity contribution >= 4 is 51.2 Å². The maximum Gasteiger partial charge on any atom is 0.416 e. The van der Waals surface area contributed by atoms with Crippen molar-refractivity contribution in [1.82, 2.24) is 14.3 Å². The Morgan fingerprint density at radius 3 is 3.00 bits per heavy atom.